The van der Waals surface area contributed by atoms with Crippen LogP contribution in [0.15, 0.2) is 11.5 Å². The summed E-state index contributed by atoms with van der Waals surface area (Å²) in [4.78, 5) is 29.8. The molecular formula is C10H14O10. The summed E-state index contributed by atoms with van der Waals surface area (Å²) in [5.41, 5.74) is 0. The number of esters is 1. The molecule has 0 amide bonds. The van der Waals surface area contributed by atoms with Crippen molar-refractivity contribution in [2.45, 2.75) is 25.0 Å². The number of hydrogen-bond donors (Lipinski definition) is 6. The highest BCUT2D eigenvalue weighted by molar-refractivity contribution is 5.89. The van der Waals surface area contributed by atoms with Crippen LogP contribution in [0.25, 0.3) is 0 Å². The number of aliphatic hydroxyl groups is 4. The molecule has 0 saturated heterocycles. The van der Waals surface area contributed by atoms with E-state index in [0.29, 0.717) is 0 Å². The number of aliphatic carboxylic acids is 2. The van der Waals surface area contributed by atoms with Crippen molar-refractivity contribution in [1.29, 1.82) is 0 Å². The van der Waals surface area contributed by atoms with Crippen LogP contribution in [0.1, 0.15) is 12.8 Å². The molecule has 0 fully saturated rings. The van der Waals surface area contributed by atoms with Gasteiger partial charge in [-0.15, -0.1) is 0 Å². The maximum absolute atomic E-state index is 10.5. The second-order valence-electron chi connectivity index (χ2n) is 3.60. The second kappa shape index (κ2) is 7.96. The average molecular weight is 294 g/mol. The summed E-state index contributed by atoms with van der Waals surface area (Å²) >= 11 is 0. The van der Waals surface area contributed by atoms with Crippen LogP contribution in [0, 0.1) is 0 Å². The molecule has 114 valence electrons. The molecule has 0 aromatic rings. The van der Waals surface area contributed by atoms with Crippen LogP contribution >= 0.6 is 0 Å². The van der Waals surface area contributed by atoms with E-state index >= 15 is 0 Å². The number of carboxylic acid groups (broad SMARTS) is 2. The van der Waals surface area contributed by atoms with Crippen molar-refractivity contribution in [3.63, 3.8) is 0 Å². The standard InChI is InChI=1S/C6H8O6.C4H6O4/c7-1-2(8)5-3(9)4(10)6(11)12-5;5-3(6)1-2-4(7)8/h2,5,7-10H,1H2;1-2H2,(H,5,6)(H,7,8)/t2?,5-;/m1./s1. The number of carboxylic acids is 2. The van der Waals surface area contributed by atoms with Gasteiger partial charge in [0.25, 0.3) is 0 Å². The van der Waals surface area contributed by atoms with E-state index in [4.69, 9.17) is 30.6 Å². The van der Waals surface area contributed by atoms with Gasteiger partial charge in [-0.1, -0.05) is 0 Å². The first-order chi connectivity index (χ1) is 9.20. The van der Waals surface area contributed by atoms with Gasteiger partial charge in [-0.3, -0.25) is 9.59 Å². The van der Waals surface area contributed by atoms with Gasteiger partial charge < -0.3 is 35.4 Å². The van der Waals surface area contributed by atoms with E-state index in [1.54, 1.807) is 0 Å². The molecule has 1 rings (SSSR count). The second-order valence-corrected chi connectivity index (χ2v) is 3.60. The quantitative estimate of drug-likeness (QED) is 0.327. The van der Waals surface area contributed by atoms with Crippen LogP contribution in [0.2, 0.25) is 0 Å². The van der Waals surface area contributed by atoms with Crippen molar-refractivity contribution >= 4 is 17.9 Å². The Labute approximate surface area is 112 Å². The predicted octanol–water partition coefficient (Wildman–Crippen LogP) is -1.47. The lowest BCUT2D eigenvalue weighted by molar-refractivity contribution is -0.147. The Morgan fingerprint density at radius 1 is 1.15 bits per heavy atom. The van der Waals surface area contributed by atoms with Crippen molar-refractivity contribution in [1.82, 2.24) is 0 Å². The lowest BCUT2D eigenvalue weighted by Gasteiger charge is -2.13. The third-order valence-electron chi connectivity index (χ3n) is 2.03. The minimum atomic E-state index is -1.42. The normalized spacial score (nSPS) is 18.9. The summed E-state index contributed by atoms with van der Waals surface area (Å²) in [5.74, 6) is -4.93. The fourth-order valence-electron chi connectivity index (χ4n) is 1.04. The molecule has 10 nitrogen and oxygen atoms in total. The molecular weight excluding hydrogens is 280 g/mol. The van der Waals surface area contributed by atoms with Gasteiger partial charge in [0.1, 0.15) is 6.10 Å². The number of rotatable bonds is 5. The fraction of sp³-hybridized carbons (Fsp3) is 0.500. The smallest absolute Gasteiger partial charge is 0.377 e. The SMILES string of the molecule is O=C(O)CCC(=O)O.O=C1O[C@H](C(O)CO)C(O)=C1O. The fourth-order valence-corrected chi connectivity index (χ4v) is 1.04. The van der Waals surface area contributed by atoms with Gasteiger partial charge in [-0.05, 0) is 0 Å². The van der Waals surface area contributed by atoms with Crippen LogP contribution in [0.5, 0.6) is 0 Å². The molecule has 2 atom stereocenters. The van der Waals surface area contributed by atoms with Crippen LogP contribution in [-0.2, 0) is 19.1 Å². The van der Waals surface area contributed by atoms with Crippen molar-refractivity contribution in [2.24, 2.45) is 0 Å². The lowest BCUT2D eigenvalue weighted by Crippen LogP contribution is -2.31. The summed E-state index contributed by atoms with van der Waals surface area (Å²) in [6, 6.07) is 0. The maximum atomic E-state index is 10.5. The molecule has 6 N–H and O–H groups in total. The summed E-state index contributed by atoms with van der Waals surface area (Å²) in [6.07, 6.45) is -3.37. The highest BCUT2D eigenvalue weighted by Crippen LogP contribution is 2.20. The molecule has 10 heteroatoms. The number of aliphatic hydroxyl groups excluding tert-OH is 4. The molecule has 1 aliphatic rings. The Morgan fingerprint density at radius 2 is 1.60 bits per heavy atom. The van der Waals surface area contributed by atoms with Gasteiger partial charge in [-0.2, -0.15) is 0 Å². The Hall–Kier alpha value is -2.33. The average Bonchev–Trinajstić information content (AvgIpc) is 2.64. The van der Waals surface area contributed by atoms with Gasteiger partial charge in [0.05, 0.1) is 19.4 Å². The summed E-state index contributed by atoms with van der Waals surface area (Å²) in [7, 11) is 0. The van der Waals surface area contributed by atoms with Gasteiger partial charge in [-0.25, -0.2) is 4.79 Å². The number of carbonyl (C=O) groups excluding carboxylic acids is 1. The molecule has 20 heavy (non-hydrogen) atoms. The van der Waals surface area contributed by atoms with E-state index in [2.05, 4.69) is 4.74 Å². The Kier molecular flexibility index (Phi) is 7.04. The van der Waals surface area contributed by atoms with E-state index in [1.807, 2.05) is 0 Å². The number of hydrogen-bond acceptors (Lipinski definition) is 8. The zero-order valence-corrected chi connectivity index (χ0v) is 10.1. The largest absolute Gasteiger partial charge is 0.505 e. The van der Waals surface area contributed by atoms with Gasteiger partial charge in [0.15, 0.2) is 11.9 Å². The van der Waals surface area contributed by atoms with Gasteiger partial charge in [0, 0.05) is 0 Å². The highest BCUT2D eigenvalue weighted by Gasteiger charge is 2.38. The third kappa shape index (κ3) is 5.54. The van der Waals surface area contributed by atoms with E-state index in [-0.39, 0.29) is 12.8 Å². The molecule has 0 aromatic heterocycles. The van der Waals surface area contributed by atoms with Crippen molar-refractivity contribution in [3.8, 4) is 0 Å². The molecule has 0 aromatic carbocycles. The molecule has 0 spiro atoms. The first kappa shape index (κ1) is 17.7. The summed E-state index contributed by atoms with van der Waals surface area (Å²) in [5, 5.41) is 50.8. The van der Waals surface area contributed by atoms with E-state index in [1.165, 1.54) is 0 Å². The van der Waals surface area contributed by atoms with Crippen molar-refractivity contribution in [2.75, 3.05) is 6.61 Å². The monoisotopic (exact) mass is 294 g/mol. The van der Waals surface area contributed by atoms with E-state index < -0.39 is 48.2 Å². The number of ether oxygens (including phenoxy) is 1. The van der Waals surface area contributed by atoms with Crippen molar-refractivity contribution in [3.05, 3.63) is 11.5 Å². The minimum Gasteiger partial charge on any atom is -0.505 e. The highest BCUT2D eigenvalue weighted by atomic mass is 16.6. The topological polar surface area (TPSA) is 182 Å². The first-order valence-corrected chi connectivity index (χ1v) is 5.26. The maximum Gasteiger partial charge on any atom is 0.377 e. The minimum absolute atomic E-state index is 0.296. The van der Waals surface area contributed by atoms with Crippen LogP contribution in [0.3, 0.4) is 0 Å². The molecule has 0 radical (unpaired) electrons. The molecule has 0 bridgehead atoms. The van der Waals surface area contributed by atoms with Crippen LogP contribution < -0.4 is 0 Å². The Morgan fingerprint density at radius 3 is 1.85 bits per heavy atom. The van der Waals surface area contributed by atoms with Crippen molar-refractivity contribution < 1.29 is 49.8 Å². The summed E-state index contributed by atoms with van der Waals surface area (Å²) < 4.78 is 4.32. The Balaban J connectivity index is 0.000000396. The van der Waals surface area contributed by atoms with E-state index in [0.717, 1.165) is 0 Å². The molecule has 1 unspecified atom stereocenters. The van der Waals surface area contributed by atoms with E-state index in [9.17, 15) is 14.4 Å². The van der Waals surface area contributed by atoms with Crippen LogP contribution in [-0.4, -0.2) is 67.4 Å². The molecule has 1 aliphatic heterocycles. The number of cyclic esters (lactones) is 1. The molecule has 1 heterocycles. The molecule has 0 aliphatic carbocycles. The first-order valence-electron chi connectivity index (χ1n) is 5.26. The van der Waals surface area contributed by atoms with Gasteiger partial charge in [0.2, 0.25) is 5.76 Å². The number of carbonyl (C=O) groups is 3. The third-order valence-corrected chi connectivity index (χ3v) is 2.03. The zero-order valence-electron chi connectivity index (χ0n) is 10.1. The Bertz CT molecular complexity index is 398. The van der Waals surface area contributed by atoms with Gasteiger partial charge >= 0.3 is 17.9 Å². The lowest BCUT2D eigenvalue weighted by atomic mass is 10.2. The molecule has 0 saturated carbocycles. The van der Waals surface area contributed by atoms with Crippen LogP contribution in [0.4, 0.5) is 0 Å². The zero-order chi connectivity index (χ0) is 15.9. The predicted molar refractivity (Wildman–Crippen MR) is 59.8 cm³/mol. The summed E-state index contributed by atoms with van der Waals surface area (Å²) in [6.45, 7) is -0.671.